The first kappa shape index (κ1) is 18.1. The molecule has 1 aromatic carbocycles. The van der Waals surface area contributed by atoms with Crippen molar-refractivity contribution in [2.75, 3.05) is 0 Å². The molecule has 0 saturated carbocycles. The first-order valence-electron chi connectivity index (χ1n) is 6.73. The summed E-state index contributed by atoms with van der Waals surface area (Å²) in [6, 6.07) is 1.48. The standard InChI is InChI=1S/C13H18F4O3Si/c14-9-7-8(10(15)12(17)11(9)16)5-3-1-2-4-6-21-20-13(18)19/h7,13,18-19H,1-6,21H2. The predicted octanol–water partition coefficient (Wildman–Crippen LogP) is 2.13. The Bertz CT molecular complexity index is 458. The number of rotatable bonds is 9. The summed E-state index contributed by atoms with van der Waals surface area (Å²) >= 11 is 0. The molecule has 21 heavy (non-hydrogen) atoms. The van der Waals surface area contributed by atoms with Crippen LogP contribution >= 0.6 is 0 Å². The van der Waals surface area contributed by atoms with Crippen LogP contribution in [0.4, 0.5) is 17.6 Å². The maximum absolute atomic E-state index is 13.4. The van der Waals surface area contributed by atoms with E-state index in [1.807, 2.05) is 0 Å². The van der Waals surface area contributed by atoms with Gasteiger partial charge < -0.3 is 14.6 Å². The van der Waals surface area contributed by atoms with Crippen molar-refractivity contribution in [1.29, 1.82) is 0 Å². The van der Waals surface area contributed by atoms with Gasteiger partial charge in [-0.05, 0) is 30.5 Å². The lowest BCUT2D eigenvalue weighted by Crippen LogP contribution is -2.12. The first-order chi connectivity index (χ1) is 9.93. The smallest absolute Gasteiger partial charge is 0.256 e. The fraction of sp³-hybridized carbons (Fsp3) is 0.538. The van der Waals surface area contributed by atoms with E-state index < -0.39 is 39.5 Å². The minimum atomic E-state index is -1.78. The summed E-state index contributed by atoms with van der Waals surface area (Å²) in [4.78, 5) is 0. The molecule has 0 heterocycles. The summed E-state index contributed by atoms with van der Waals surface area (Å²) in [5.74, 6) is -6.26. The zero-order valence-electron chi connectivity index (χ0n) is 11.4. The number of hydrogen-bond acceptors (Lipinski definition) is 3. The zero-order valence-corrected chi connectivity index (χ0v) is 12.8. The Morgan fingerprint density at radius 1 is 0.952 bits per heavy atom. The molecule has 0 saturated heterocycles. The molecule has 1 rings (SSSR count). The number of halogens is 4. The quantitative estimate of drug-likeness (QED) is 0.183. The lowest BCUT2D eigenvalue weighted by molar-refractivity contribution is -0.180. The number of aliphatic hydroxyl groups is 2. The number of aliphatic hydroxyl groups excluding tert-OH is 1. The summed E-state index contributed by atoms with van der Waals surface area (Å²) in [7, 11) is -0.944. The topological polar surface area (TPSA) is 49.7 Å². The number of aryl methyl sites for hydroxylation is 1. The van der Waals surface area contributed by atoms with Crippen LogP contribution in [0, 0.1) is 23.3 Å². The van der Waals surface area contributed by atoms with Crippen LogP contribution < -0.4 is 0 Å². The molecule has 0 atom stereocenters. The van der Waals surface area contributed by atoms with E-state index in [0.29, 0.717) is 12.5 Å². The second-order valence-electron chi connectivity index (χ2n) is 4.67. The Morgan fingerprint density at radius 3 is 2.29 bits per heavy atom. The highest BCUT2D eigenvalue weighted by Crippen LogP contribution is 2.20. The molecule has 0 radical (unpaired) electrons. The summed E-state index contributed by atoms with van der Waals surface area (Å²) in [5, 5.41) is 16.9. The van der Waals surface area contributed by atoms with Gasteiger partial charge in [-0.2, -0.15) is 0 Å². The Labute approximate surface area is 122 Å². The van der Waals surface area contributed by atoms with E-state index in [1.165, 1.54) is 0 Å². The maximum Gasteiger partial charge on any atom is 0.256 e. The molecule has 0 aliphatic heterocycles. The lowest BCUT2D eigenvalue weighted by Gasteiger charge is -2.06. The van der Waals surface area contributed by atoms with Crippen molar-refractivity contribution in [3.63, 3.8) is 0 Å². The second kappa shape index (κ2) is 9.14. The van der Waals surface area contributed by atoms with Crippen LogP contribution in [0.2, 0.25) is 6.04 Å². The third-order valence-corrected chi connectivity index (χ3v) is 4.36. The van der Waals surface area contributed by atoms with Gasteiger partial charge in [0.05, 0.1) is 0 Å². The van der Waals surface area contributed by atoms with Crippen molar-refractivity contribution in [1.82, 2.24) is 0 Å². The highest BCUT2D eigenvalue weighted by atomic mass is 28.2. The Hall–Kier alpha value is -0.963. The molecule has 0 aromatic heterocycles. The lowest BCUT2D eigenvalue weighted by atomic mass is 10.1. The monoisotopic (exact) mass is 326 g/mol. The van der Waals surface area contributed by atoms with Gasteiger partial charge in [0.1, 0.15) is 0 Å². The third kappa shape index (κ3) is 6.12. The molecule has 1 aromatic rings. The molecule has 0 bridgehead atoms. The van der Waals surface area contributed by atoms with Crippen molar-refractivity contribution in [3.05, 3.63) is 34.9 Å². The van der Waals surface area contributed by atoms with Gasteiger partial charge >= 0.3 is 0 Å². The molecule has 0 unspecified atom stereocenters. The molecule has 0 aliphatic rings. The predicted molar refractivity (Wildman–Crippen MR) is 71.1 cm³/mol. The largest absolute Gasteiger partial charge is 0.379 e. The second-order valence-corrected chi connectivity index (χ2v) is 6.12. The average Bonchev–Trinajstić information content (AvgIpc) is 2.44. The molecule has 2 N–H and O–H groups in total. The number of benzene rings is 1. The van der Waals surface area contributed by atoms with Crippen LogP contribution in [0.3, 0.4) is 0 Å². The Kier molecular flexibility index (Phi) is 7.87. The fourth-order valence-electron chi connectivity index (χ4n) is 1.94. The highest BCUT2D eigenvalue weighted by molar-refractivity contribution is 6.26. The van der Waals surface area contributed by atoms with Crippen LogP contribution in [-0.2, 0) is 10.8 Å². The van der Waals surface area contributed by atoms with Gasteiger partial charge in [0.15, 0.2) is 33.0 Å². The SMILES string of the molecule is OC(O)O[SiH2]CCCCCCc1cc(F)c(F)c(F)c1F. The van der Waals surface area contributed by atoms with Gasteiger partial charge in [-0.3, -0.25) is 0 Å². The molecule has 0 fully saturated rings. The summed E-state index contributed by atoms with van der Waals surface area (Å²) < 4.78 is 56.7. The van der Waals surface area contributed by atoms with Crippen molar-refractivity contribution in [3.8, 4) is 0 Å². The van der Waals surface area contributed by atoms with Gasteiger partial charge in [-0.15, -0.1) is 0 Å². The molecule has 120 valence electrons. The van der Waals surface area contributed by atoms with Gasteiger partial charge in [-0.25, -0.2) is 17.6 Å². The number of hydrogen-bond donors (Lipinski definition) is 2. The van der Waals surface area contributed by atoms with Gasteiger partial charge in [0.25, 0.3) is 6.48 Å². The van der Waals surface area contributed by atoms with Gasteiger partial charge in [-0.1, -0.05) is 19.3 Å². The van der Waals surface area contributed by atoms with Crippen LogP contribution in [0.1, 0.15) is 31.2 Å². The van der Waals surface area contributed by atoms with Crippen molar-refractivity contribution in [2.45, 2.75) is 44.6 Å². The van der Waals surface area contributed by atoms with E-state index in [9.17, 15) is 17.6 Å². The van der Waals surface area contributed by atoms with E-state index in [1.54, 1.807) is 0 Å². The van der Waals surface area contributed by atoms with E-state index >= 15 is 0 Å². The normalized spacial score (nSPS) is 12.0. The zero-order chi connectivity index (χ0) is 15.8. The van der Waals surface area contributed by atoms with Crippen LogP contribution in [-0.4, -0.2) is 26.5 Å². The van der Waals surface area contributed by atoms with Crippen LogP contribution in [0.5, 0.6) is 0 Å². The summed E-state index contributed by atoms with van der Waals surface area (Å²) in [6.45, 7) is -1.71. The molecule has 8 heteroatoms. The maximum atomic E-state index is 13.4. The van der Waals surface area contributed by atoms with Gasteiger partial charge in [0.2, 0.25) is 0 Å². The van der Waals surface area contributed by atoms with Crippen molar-refractivity contribution >= 4 is 9.76 Å². The van der Waals surface area contributed by atoms with E-state index in [4.69, 9.17) is 10.2 Å². The van der Waals surface area contributed by atoms with Crippen molar-refractivity contribution < 1.29 is 32.2 Å². The summed E-state index contributed by atoms with van der Waals surface area (Å²) in [5.41, 5.74) is -0.160. The van der Waals surface area contributed by atoms with Crippen LogP contribution in [0.15, 0.2) is 6.07 Å². The summed E-state index contributed by atoms with van der Waals surface area (Å²) in [6.07, 6.45) is 3.07. The molecule has 0 aliphatic carbocycles. The van der Waals surface area contributed by atoms with Crippen LogP contribution in [0.25, 0.3) is 0 Å². The van der Waals surface area contributed by atoms with E-state index in [0.717, 1.165) is 25.3 Å². The minimum Gasteiger partial charge on any atom is -0.379 e. The highest BCUT2D eigenvalue weighted by Gasteiger charge is 2.18. The average molecular weight is 326 g/mol. The molecular formula is C13H18F4O3Si. The molecule has 0 amide bonds. The number of unbranched alkanes of at least 4 members (excludes halogenated alkanes) is 3. The van der Waals surface area contributed by atoms with Crippen molar-refractivity contribution in [2.24, 2.45) is 0 Å². The minimum absolute atomic E-state index is 0.142. The van der Waals surface area contributed by atoms with Gasteiger partial charge in [0, 0.05) is 0 Å². The molecule has 0 spiro atoms. The Balaban J connectivity index is 2.25. The fourth-order valence-corrected chi connectivity index (χ4v) is 2.88. The van der Waals surface area contributed by atoms with E-state index in [-0.39, 0.29) is 12.0 Å². The molecule has 3 nitrogen and oxygen atoms in total. The third-order valence-electron chi connectivity index (χ3n) is 3.04. The van der Waals surface area contributed by atoms with E-state index in [2.05, 4.69) is 4.43 Å². The first-order valence-corrected chi connectivity index (χ1v) is 8.30. The Morgan fingerprint density at radius 2 is 1.62 bits per heavy atom. The molecular weight excluding hydrogens is 308 g/mol.